The molecular formula is C20H24Cl2N6. The lowest BCUT2D eigenvalue weighted by Crippen LogP contribution is -2.45. The molecule has 1 saturated carbocycles. The highest BCUT2D eigenvalue weighted by molar-refractivity contribution is 6.33. The normalized spacial score (nSPS) is 17.8. The fourth-order valence-electron chi connectivity index (χ4n) is 3.82. The lowest BCUT2D eigenvalue weighted by Gasteiger charge is -2.33. The Balaban J connectivity index is 0.00000192. The molecule has 148 valence electrons. The molecule has 3 heterocycles. The number of imidazole rings is 1. The number of hydrogen-bond acceptors (Lipinski definition) is 5. The minimum absolute atomic E-state index is 0. The highest BCUT2D eigenvalue weighted by atomic mass is 35.5. The van der Waals surface area contributed by atoms with Gasteiger partial charge in [-0.1, -0.05) is 23.7 Å². The van der Waals surface area contributed by atoms with E-state index in [9.17, 15) is 0 Å². The molecule has 6 nitrogen and oxygen atoms in total. The molecule has 5 rings (SSSR count). The smallest absolute Gasteiger partial charge is 0.166 e. The van der Waals surface area contributed by atoms with Crippen LogP contribution in [0.4, 0.5) is 5.82 Å². The lowest BCUT2D eigenvalue weighted by atomic mass is 10.2. The summed E-state index contributed by atoms with van der Waals surface area (Å²) >= 11 is 6.51. The van der Waals surface area contributed by atoms with Crippen LogP contribution in [0.15, 0.2) is 24.3 Å². The first kappa shape index (κ1) is 19.4. The maximum absolute atomic E-state index is 6.51. The summed E-state index contributed by atoms with van der Waals surface area (Å²) in [5.74, 6) is 2.66. The number of benzene rings is 1. The summed E-state index contributed by atoms with van der Waals surface area (Å²) in [6.07, 6.45) is 2.33. The Labute approximate surface area is 175 Å². The van der Waals surface area contributed by atoms with Gasteiger partial charge < -0.3 is 14.4 Å². The van der Waals surface area contributed by atoms with Crippen LogP contribution in [0.5, 0.6) is 0 Å². The fourth-order valence-corrected chi connectivity index (χ4v) is 4.04. The van der Waals surface area contributed by atoms with Gasteiger partial charge in [0, 0.05) is 37.8 Å². The SMILES string of the molecule is Cc1nc(N2CCN(C)CC2)c2nc(-c3ccccc3Cl)n(C3CC3)c2n1.Cl. The second-order valence-electron chi connectivity index (χ2n) is 7.57. The molecule has 0 bridgehead atoms. The van der Waals surface area contributed by atoms with Crippen LogP contribution < -0.4 is 4.90 Å². The van der Waals surface area contributed by atoms with E-state index in [1.54, 1.807) is 0 Å². The topological polar surface area (TPSA) is 50.1 Å². The predicted molar refractivity (Wildman–Crippen MR) is 116 cm³/mol. The number of aryl methyl sites for hydroxylation is 1. The summed E-state index contributed by atoms with van der Waals surface area (Å²) in [5.41, 5.74) is 2.80. The van der Waals surface area contributed by atoms with E-state index in [1.807, 2.05) is 31.2 Å². The maximum Gasteiger partial charge on any atom is 0.166 e. The van der Waals surface area contributed by atoms with Gasteiger partial charge in [-0.25, -0.2) is 15.0 Å². The van der Waals surface area contributed by atoms with Crippen LogP contribution in [0.3, 0.4) is 0 Å². The molecule has 8 heteroatoms. The Kier molecular flexibility index (Phi) is 5.21. The van der Waals surface area contributed by atoms with Crippen LogP contribution in [0.1, 0.15) is 24.7 Å². The number of halogens is 2. The van der Waals surface area contributed by atoms with Gasteiger partial charge in [0.05, 0.1) is 5.02 Å². The molecule has 1 saturated heterocycles. The average Bonchev–Trinajstić information content (AvgIpc) is 3.43. The van der Waals surface area contributed by atoms with E-state index in [0.717, 1.165) is 78.2 Å². The predicted octanol–water partition coefficient (Wildman–Crippen LogP) is 3.96. The van der Waals surface area contributed by atoms with E-state index in [4.69, 9.17) is 26.6 Å². The van der Waals surface area contributed by atoms with Gasteiger partial charge in [-0.3, -0.25) is 0 Å². The Hall–Kier alpha value is -1.89. The number of hydrogen-bond donors (Lipinski definition) is 0. The number of nitrogens with zero attached hydrogens (tertiary/aromatic N) is 6. The molecule has 3 aromatic rings. The van der Waals surface area contributed by atoms with E-state index in [2.05, 4.69) is 21.4 Å². The molecule has 0 radical (unpaired) electrons. The summed E-state index contributed by atoms with van der Waals surface area (Å²) in [7, 11) is 2.16. The van der Waals surface area contributed by atoms with Crippen molar-refractivity contribution in [3.05, 3.63) is 35.1 Å². The molecule has 1 aliphatic heterocycles. The molecule has 0 spiro atoms. The molecule has 2 aromatic heterocycles. The average molecular weight is 419 g/mol. The summed E-state index contributed by atoms with van der Waals surface area (Å²) in [6.45, 7) is 5.95. The van der Waals surface area contributed by atoms with Gasteiger partial charge in [0.1, 0.15) is 11.6 Å². The summed E-state index contributed by atoms with van der Waals surface area (Å²) in [4.78, 5) is 19.3. The highest BCUT2D eigenvalue weighted by Gasteiger charge is 2.32. The Morgan fingerprint density at radius 3 is 2.39 bits per heavy atom. The van der Waals surface area contributed by atoms with Crippen molar-refractivity contribution in [1.82, 2.24) is 24.4 Å². The third-order valence-electron chi connectivity index (χ3n) is 5.46. The quantitative estimate of drug-likeness (QED) is 0.643. The number of rotatable bonds is 3. The van der Waals surface area contributed by atoms with Crippen LogP contribution in [-0.2, 0) is 0 Å². The van der Waals surface area contributed by atoms with Gasteiger partial charge in [0.2, 0.25) is 0 Å². The number of aromatic nitrogens is 4. The summed E-state index contributed by atoms with van der Waals surface area (Å²) in [6, 6.07) is 8.38. The maximum atomic E-state index is 6.51. The first-order chi connectivity index (χ1) is 13.1. The standard InChI is InChI=1S/C20H23ClN6.ClH/c1-13-22-19(26-11-9-25(2)10-12-26)17-20(23-13)27(14-7-8-14)18(24-17)15-5-3-4-6-16(15)21;/h3-6,14H,7-12H2,1-2H3;1H. The Bertz CT molecular complexity index is 1010. The molecule has 28 heavy (non-hydrogen) atoms. The fraction of sp³-hybridized carbons (Fsp3) is 0.450. The van der Waals surface area contributed by atoms with E-state index < -0.39 is 0 Å². The second kappa shape index (κ2) is 7.50. The molecule has 1 aromatic carbocycles. The van der Waals surface area contributed by atoms with E-state index >= 15 is 0 Å². The zero-order chi connectivity index (χ0) is 18.5. The third-order valence-corrected chi connectivity index (χ3v) is 5.79. The van der Waals surface area contributed by atoms with Gasteiger partial charge in [-0.2, -0.15) is 0 Å². The first-order valence-corrected chi connectivity index (χ1v) is 9.94. The van der Waals surface area contributed by atoms with Crippen LogP contribution in [-0.4, -0.2) is 57.6 Å². The van der Waals surface area contributed by atoms with Crippen molar-refractivity contribution in [2.75, 3.05) is 38.1 Å². The zero-order valence-corrected chi connectivity index (χ0v) is 17.7. The van der Waals surface area contributed by atoms with Crippen molar-refractivity contribution in [2.24, 2.45) is 0 Å². The van der Waals surface area contributed by atoms with Crippen molar-refractivity contribution in [2.45, 2.75) is 25.8 Å². The number of likely N-dealkylation sites (N-methyl/N-ethyl adjacent to an activating group) is 1. The van der Waals surface area contributed by atoms with Crippen molar-refractivity contribution >= 4 is 41.0 Å². The molecule has 1 aliphatic carbocycles. The van der Waals surface area contributed by atoms with Crippen molar-refractivity contribution in [3.63, 3.8) is 0 Å². The molecular weight excluding hydrogens is 395 g/mol. The van der Waals surface area contributed by atoms with E-state index in [1.165, 1.54) is 0 Å². The summed E-state index contributed by atoms with van der Waals surface area (Å²) in [5, 5.41) is 0.723. The minimum atomic E-state index is 0. The van der Waals surface area contributed by atoms with Crippen LogP contribution >= 0.6 is 24.0 Å². The molecule has 2 fully saturated rings. The largest absolute Gasteiger partial charge is 0.352 e. The van der Waals surface area contributed by atoms with Crippen molar-refractivity contribution in [1.29, 1.82) is 0 Å². The van der Waals surface area contributed by atoms with Gasteiger partial charge in [-0.15, -0.1) is 12.4 Å². The second-order valence-corrected chi connectivity index (χ2v) is 7.98. The van der Waals surface area contributed by atoms with Gasteiger partial charge >= 0.3 is 0 Å². The van der Waals surface area contributed by atoms with E-state index in [0.29, 0.717) is 6.04 Å². The minimum Gasteiger partial charge on any atom is -0.352 e. The van der Waals surface area contributed by atoms with Crippen LogP contribution in [0, 0.1) is 6.92 Å². The molecule has 0 N–H and O–H groups in total. The van der Waals surface area contributed by atoms with Gasteiger partial charge in [0.25, 0.3) is 0 Å². The Morgan fingerprint density at radius 2 is 1.71 bits per heavy atom. The third kappa shape index (κ3) is 3.34. The van der Waals surface area contributed by atoms with Gasteiger partial charge in [0.15, 0.2) is 17.0 Å². The highest BCUT2D eigenvalue weighted by Crippen LogP contribution is 2.43. The number of fused-ring (bicyclic) bond motifs is 1. The van der Waals surface area contributed by atoms with Gasteiger partial charge in [-0.05, 0) is 38.9 Å². The Morgan fingerprint density at radius 1 is 1.00 bits per heavy atom. The lowest BCUT2D eigenvalue weighted by molar-refractivity contribution is 0.312. The van der Waals surface area contributed by atoms with E-state index in [-0.39, 0.29) is 12.4 Å². The number of anilines is 1. The molecule has 0 atom stereocenters. The monoisotopic (exact) mass is 418 g/mol. The van der Waals surface area contributed by atoms with Crippen LogP contribution in [0.25, 0.3) is 22.6 Å². The first-order valence-electron chi connectivity index (χ1n) is 9.57. The van der Waals surface area contributed by atoms with Crippen molar-refractivity contribution in [3.8, 4) is 11.4 Å². The van der Waals surface area contributed by atoms with Crippen molar-refractivity contribution < 1.29 is 0 Å². The molecule has 0 unspecified atom stereocenters. The van der Waals surface area contributed by atoms with Crippen LogP contribution in [0.2, 0.25) is 5.02 Å². The number of piperazine rings is 1. The molecule has 2 aliphatic rings. The summed E-state index contributed by atoms with van der Waals surface area (Å²) < 4.78 is 2.28. The molecule has 0 amide bonds. The zero-order valence-electron chi connectivity index (χ0n) is 16.1.